The fourth-order valence-electron chi connectivity index (χ4n) is 4.90. The molecule has 38 heavy (non-hydrogen) atoms. The van der Waals surface area contributed by atoms with Crippen LogP contribution in [0.4, 0.5) is 0 Å². The van der Waals surface area contributed by atoms with E-state index in [1.54, 1.807) is 6.92 Å². The van der Waals surface area contributed by atoms with Crippen molar-refractivity contribution in [3.05, 3.63) is 0 Å². The largest absolute Gasteiger partial charge is 0.469 e. The van der Waals surface area contributed by atoms with Gasteiger partial charge in [-0.1, -0.05) is 12.8 Å². The number of aliphatic hydroxyl groups excluding tert-OH is 4. The second kappa shape index (κ2) is 13.8. The van der Waals surface area contributed by atoms with E-state index in [9.17, 15) is 35.1 Å². The lowest BCUT2D eigenvalue weighted by Gasteiger charge is -2.52. The van der Waals surface area contributed by atoms with Crippen LogP contribution < -0.4 is 5.32 Å². The first kappa shape index (κ1) is 32.8. The molecule has 0 unspecified atom stereocenters. The number of unbranched alkanes of at least 4 members (excludes halogenated alkanes) is 2. The summed E-state index contributed by atoms with van der Waals surface area (Å²) in [6, 6.07) is -0.975. The van der Waals surface area contributed by atoms with Crippen LogP contribution >= 0.6 is 0 Å². The summed E-state index contributed by atoms with van der Waals surface area (Å²) in [6.45, 7) is 6.17. The molecule has 0 aromatic carbocycles. The summed E-state index contributed by atoms with van der Waals surface area (Å²) >= 11 is 0. The van der Waals surface area contributed by atoms with Gasteiger partial charge in [0.15, 0.2) is 12.6 Å². The summed E-state index contributed by atoms with van der Waals surface area (Å²) < 4.78 is 27.4. The van der Waals surface area contributed by atoms with Crippen LogP contribution in [0.15, 0.2) is 0 Å². The third-order valence-electron chi connectivity index (χ3n) is 7.04. The maximum atomic E-state index is 12.7. The predicted octanol–water partition coefficient (Wildman–Crippen LogP) is -0.909. The number of hydrogen-bond acceptors (Lipinski definition) is 12. The van der Waals surface area contributed by atoms with Gasteiger partial charge >= 0.3 is 5.97 Å². The quantitative estimate of drug-likeness (QED) is 0.129. The lowest BCUT2D eigenvalue weighted by Crippen LogP contribution is -2.70. The first-order chi connectivity index (χ1) is 17.6. The van der Waals surface area contributed by atoms with Crippen LogP contribution in [0.2, 0.25) is 0 Å². The summed E-state index contributed by atoms with van der Waals surface area (Å²) in [5, 5.41) is 55.2. The van der Waals surface area contributed by atoms with E-state index in [-0.39, 0.29) is 18.8 Å². The number of nitrogens with one attached hydrogen (secondary N) is 1. The summed E-state index contributed by atoms with van der Waals surface area (Å²) in [7, 11) is 2.63. The van der Waals surface area contributed by atoms with Crippen molar-refractivity contribution in [3.8, 4) is 0 Å². The van der Waals surface area contributed by atoms with Crippen molar-refractivity contribution in [2.75, 3.05) is 14.2 Å². The first-order valence-corrected chi connectivity index (χ1v) is 13.0. The zero-order valence-corrected chi connectivity index (χ0v) is 23.0. The number of methoxy groups -OCH3 is 2. The van der Waals surface area contributed by atoms with Gasteiger partial charge in [0.05, 0.1) is 36.9 Å². The minimum Gasteiger partial charge on any atom is -0.469 e. The second-order valence-electron chi connectivity index (χ2n) is 11.0. The van der Waals surface area contributed by atoms with E-state index < -0.39 is 72.4 Å². The summed E-state index contributed by atoms with van der Waals surface area (Å²) in [5.74, 6) is -0.831. The minimum atomic E-state index is -1.61. The van der Waals surface area contributed by atoms with Gasteiger partial charge < -0.3 is 54.5 Å². The van der Waals surface area contributed by atoms with Gasteiger partial charge in [0.2, 0.25) is 5.91 Å². The lowest BCUT2D eigenvalue weighted by atomic mass is 9.81. The van der Waals surface area contributed by atoms with Crippen molar-refractivity contribution in [2.24, 2.45) is 0 Å². The molecule has 0 spiro atoms. The maximum absolute atomic E-state index is 12.7. The molecule has 0 aromatic heterocycles. The Morgan fingerprint density at radius 1 is 1.00 bits per heavy atom. The number of ether oxygens (including phenoxy) is 5. The summed E-state index contributed by atoms with van der Waals surface area (Å²) in [5.41, 5.74) is -2.50. The third-order valence-corrected chi connectivity index (χ3v) is 7.04. The Balaban J connectivity index is 2.26. The third kappa shape index (κ3) is 8.54. The molecule has 222 valence electrons. The van der Waals surface area contributed by atoms with Crippen molar-refractivity contribution >= 4 is 11.9 Å². The molecular formula is C25H45NO12. The van der Waals surface area contributed by atoms with Crippen molar-refractivity contribution in [1.29, 1.82) is 0 Å². The fourth-order valence-corrected chi connectivity index (χ4v) is 4.90. The average Bonchev–Trinajstić information content (AvgIpc) is 2.81. The molecule has 2 saturated heterocycles. The number of esters is 1. The Labute approximate surface area is 223 Å². The summed E-state index contributed by atoms with van der Waals surface area (Å²) in [4.78, 5) is 24.2. The molecular weight excluding hydrogens is 506 g/mol. The van der Waals surface area contributed by atoms with E-state index >= 15 is 0 Å². The van der Waals surface area contributed by atoms with Crippen LogP contribution in [0.3, 0.4) is 0 Å². The number of amides is 1. The molecule has 2 heterocycles. The van der Waals surface area contributed by atoms with Gasteiger partial charge in [-0.25, -0.2) is 0 Å². The van der Waals surface area contributed by atoms with Gasteiger partial charge in [-0.2, -0.15) is 0 Å². The lowest BCUT2D eigenvalue weighted by molar-refractivity contribution is -0.359. The van der Waals surface area contributed by atoms with E-state index in [1.165, 1.54) is 35.0 Å². The van der Waals surface area contributed by atoms with E-state index in [4.69, 9.17) is 18.9 Å². The Morgan fingerprint density at radius 3 is 2.24 bits per heavy atom. The van der Waals surface area contributed by atoms with Crippen LogP contribution in [-0.2, 0) is 33.3 Å². The fraction of sp³-hybridized carbons (Fsp3) is 0.920. The SMILES string of the molecule is COC(=O)CCCCC[C@]1(C)O[C@@H](O[C@@H]2[C@@H](O)[C@H](C)O[C@@H](O)[C@@H]2O)[C@H](OC)[C@@H](O)[C@@H]1NC(=O)CC(C)(C)O. The molecule has 2 aliphatic rings. The Hall–Kier alpha value is -1.42. The molecule has 2 rings (SSSR count). The zero-order chi connectivity index (χ0) is 28.8. The standard InChI is InChI=1S/C25H45NO12/c1-13-16(29)19(18(31)22(32)36-13)37-23-20(35-6)17(30)21(26-14(27)12-24(2,3)33)25(4,38-23)11-9-7-8-10-15(28)34-5/h13,16-23,29-33H,7-12H2,1-6H3,(H,26,27)/t13-,16-,17+,18+,19+,20+,21-,22+,23+,25-/m0/s1. The Bertz CT molecular complexity index is 762. The predicted molar refractivity (Wildman–Crippen MR) is 131 cm³/mol. The topological polar surface area (TPSA) is 193 Å². The smallest absolute Gasteiger partial charge is 0.305 e. The summed E-state index contributed by atoms with van der Waals surface area (Å²) in [6.07, 6.45) is -8.40. The Morgan fingerprint density at radius 2 is 1.66 bits per heavy atom. The number of rotatable bonds is 12. The number of carbonyl (C=O) groups is 2. The molecule has 6 N–H and O–H groups in total. The first-order valence-electron chi connectivity index (χ1n) is 13.0. The van der Waals surface area contributed by atoms with Crippen LogP contribution in [0, 0.1) is 0 Å². The van der Waals surface area contributed by atoms with Crippen LogP contribution in [0.25, 0.3) is 0 Å². The molecule has 0 aliphatic carbocycles. The van der Waals surface area contributed by atoms with E-state index in [0.717, 1.165) is 0 Å². The minimum absolute atomic E-state index is 0.223. The second-order valence-corrected chi connectivity index (χ2v) is 11.0. The highest BCUT2D eigenvalue weighted by atomic mass is 16.7. The van der Waals surface area contributed by atoms with Gasteiger partial charge in [-0.3, -0.25) is 9.59 Å². The average molecular weight is 552 g/mol. The van der Waals surface area contributed by atoms with Crippen LogP contribution in [0.1, 0.15) is 66.2 Å². The van der Waals surface area contributed by atoms with Crippen molar-refractivity contribution in [1.82, 2.24) is 5.32 Å². The van der Waals surface area contributed by atoms with E-state index in [2.05, 4.69) is 10.1 Å². The molecule has 10 atom stereocenters. The monoisotopic (exact) mass is 551 g/mol. The number of aliphatic hydroxyl groups is 5. The van der Waals surface area contributed by atoms with Crippen molar-refractivity contribution in [2.45, 2.75) is 133 Å². The number of hydrogen-bond donors (Lipinski definition) is 6. The molecule has 0 aromatic rings. The van der Waals surface area contributed by atoms with Gasteiger partial charge in [-0.05, 0) is 40.5 Å². The van der Waals surface area contributed by atoms with Crippen molar-refractivity contribution in [3.63, 3.8) is 0 Å². The number of carbonyl (C=O) groups excluding carboxylic acids is 2. The molecule has 2 aliphatic heterocycles. The highest BCUT2D eigenvalue weighted by Gasteiger charge is 2.55. The molecule has 2 fully saturated rings. The molecule has 0 radical (unpaired) electrons. The van der Waals surface area contributed by atoms with Gasteiger partial charge in [-0.15, -0.1) is 0 Å². The molecule has 1 amide bonds. The van der Waals surface area contributed by atoms with Gasteiger partial charge in [0.1, 0.15) is 30.5 Å². The highest BCUT2D eigenvalue weighted by Crippen LogP contribution is 2.37. The maximum Gasteiger partial charge on any atom is 0.305 e. The van der Waals surface area contributed by atoms with Gasteiger partial charge in [0, 0.05) is 13.5 Å². The zero-order valence-electron chi connectivity index (χ0n) is 23.0. The van der Waals surface area contributed by atoms with Gasteiger partial charge in [0.25, 0.3) is 0 Å². The highest BCUT2D eigenvalue weighted by molar-refractivity contribution is 5.77. The van der Waals surface area contributed by atoms with Crippen LogP contribution in [0.5, 0.6) is 0 Å². The Kier molecular flexibility index (Phi) is 11.9. The van der Waals surface area contributed by atoms with Crippen molar-refractivity contribution < 1.29 is 58.8 Å². The molecule has 0 saturated carbocycles. The molecule has 13 nitrogen and oxygen atoms in total. The van der Waals surface area contributed by atoms with E-state index in [1.807, 2.05) is 0 Å². The molecule has 13 heteroatoms. The van der Waals surface area contributed by atoms with Crippen LogP contribution in [-0.4, -0.2) is 118 Å². The normalized spacial score (nSPS) is 38.0. The van der Waals surface area contributed by atoms with E-state index in [0.29, 0.717) is 25.7 Å². The molecule has 0 bridgehead atoms.